The smallest absolute Gasteiger partial charge is 0.242 e. The van der Waals surface area contributed by atoms with Crippen molar-refractivity contribution >= 4 is 37.3 Å². The Morgan fingerprint density at radius 1 is 1.30 bits per heavy atom. The van der Waals surface area contributed by atoms with E-state index in [4.69, 9.17) is 0 Å². The standard InChI is InChI=1S/C13H14BrNO3S2/c1-9-8-19-12(7-16)13(9)20(17,18)15-6-10-2-4-11(14)5-3-10/h2-5,8,15-16H,6-7H2,1H3. The molecule has 2 aromatic rings. The van der Waals surface area contributed by atoms with Crippen molar-refractivity contribution in [1.82, 2.24) is 4.72 Å². The predicted molar refractivity (Wildman–Crippen MR) is 83.1 cm³/mol. The van der Waals surface area contributed by atoms with E-state index in [9.17, 15) is 13.5 Å². The van der Waals surface area contributed by atoms with Crippen LogP contribution in [0.4, 0.5) is 0 Å². The number of aryl methyl sites for hydroxylation is 1. The number of thiophene rings is 1. The molecule has 7 heteroatoms. The Labute approximate surface area is 130 Å². The third-order valence-corrected chi connectivity index (χ3v) is 6.16. The molecule has 0 atom stereocenters. The van der Waals surface area contributed by atoms with E-state index in [-0.39, 0.29) is 18.0 Å². The van der Waals surface area contributed by atoms with Crippen LogP contribution >= 0.6 is 27.3 Å². The molecule has 0 aliphatic heterocycles. The van der Waals surface area contributed by atoms with E-state index < -0.39 is 10.0 Å². The summed E-state index contributed by atoms with van der Waals surface area (Å²) in [5.74, 6) is 0. The van der Waals surface area contributed by atoms with Crippen LogP contribution in [0.3, 0.4) is 0 Å². The molecule has 1 heterocycles. The van der Waals surface area contributed by atoms with Crippen molar-refractivity contribution in [3.05, 3.63) is 50.1 Å². The maximum atomic E-state index is 12.3. The average molecular weight is 376 g/mol. The van der Waals surface area contributed by atoms with Gasteiger partial charge in [0.1, 0.15) is 4.90 Å². The molecule has 0 aliphatic rings. The molecule has 0 fully saturated rings. The molecule has 0 saturated heterocycles. The highest BCUT2D eigenvalue weighted by Crippen LogP contribution is 2.26. The van der Waals surface area contributed by atoms with Crippen molar-refractivity contribution in [1.29, 1.82) is 0 Å². The number of benzene rings is 1. The van der Waals surface area contributed by atoms with Crippen LogP contribution in [0.1, 0.15) is 16.0 Å². The van der Waals surface area contributed by atoms with Gasteiger partial charge in [-0.3, -0.25) is 0 Å². The van der Waals surface area contributed by atoms with Gasteiger partial charge in [-0.1, -0.05) is 28.1 Å². The SMILES string of the molecule is Cc1csc(CO)c1S(=O)(=O)NCc1ccc(Br)cc1. The second-order valence-corrected chi connectivity index (χ2v) is 7.86. The molecule has 0 aliphatic carbocycles. The van der Waals surface area contributed by atoms with Gasteiger partial charge in [0.25, 0.3) is 0 Å². The molecule has 0 unspecified atom stereocenters. The van der Waals surface area contributed by atoms with Gasteiger partial charge < -0.3 is 5.11 Å². The summed E-state index contributed by atoms with van der Waals surface area (Å²) < 4.78 is 28.1. The number of sulfonamides is 1. The molecule has 0 bridgehead atoms. The fourth-order valence-corrected chi connectivity index (χ4v) is 4.75. The van der Waals surface area contributed by atoms with Gasteiger partial charge in [-0.05, 0) is 35.6 Å². The molecule has 4 nitrogen and oxygen atoms in total. The van der Waals surface area contributed by atoms with Gasteiger partial charge in [0.05, 0.1) is 11.5 Å². The van der Waals surface area contributed by atoms with Crippen LogP contribution in [0.5, 0.6) is 0 Å². The zero-order valence-electron chi connectivity index (χ0n) is 10.8. The Kier molecular flexibility index (Phi) is 4.98. The van der Waals surface area contributed by atoms with E-state index in [2.05, 4.69) is 20.7 Å². The number of rotatable bonds is 5. The normalized spacial score (nSPS) is 11.8. The maximum absolute atomic E-state index is 12.3. The van der Waals surface area contributed by atoms with Crippen molar-refractivity contribution in [2.24, 2.45) is 0 Å². The summed E-state index contributed by atoms with van der Waals surface area (Å²) in [5.41, 5.74) is 1.53. The van der Waals surface area contributed by atoms with Crippen molar-refractivity contribution in [3.8, 4) is 0 Å². The maximum Gasteiger partial charge on any atom is 0.242 e. The number of hydrogen-bond acceptors (Lipinski definition) is 4. The third kappa shape index (κ3) is 3.48. The Morgan fingerprint density at radius 3 is 2.55 bits per heavy atom. The summed E-state index contributed by atoms with van der Waals surface area (Å²) in [6, 6.07) is 7.41. The second kappa shape index (κ2) is 6.36. The van der Waals surface area contributed by atoms with Crippen LogP contribution in [0.25, 0.3) is 0 Å². The summed E-state index contributed by atoms with van der Waals surface area (Å²) in [6.45, 7) is 1.67. The number of aliphatic hydroxyl groups is 1. The van der Waals surface area contributed by atoms with Gasteiger partial charge in [0, 0.05) is 11.0 Å². The minimum absolute atomic E-state index is 0.196. The van der Waals surface area contributed by atoms with E-state index in [0.29, 0.717) is 10.4 Å². The van der Waals surface area contributed by atoms with Crippen LogP contribution in [0.15, 0.2) is 39.0 Å². The minimum atomic E-state index is -3.61. The fourth-order valence-electron chi connectivity index (χ4n) is 1.81. The highest BCUT2D eigenvalue weighted by Gasteiger charge is 2.22. The molecule has 108 valence electrons. The topological polar surface area (TPSA) is 66.4 Å². The molecular weight excluding hydrogens is 362 g/mol. The lowest BCUT2D eigenvalue weighted by atomic mass is 10.2. The first-order valence-electron chi connectivity index (χ1n) is 5.86. The van der Waals surface area contributed by atoms with Crippen molar-refractivity contribution in [2.45, 2.75) is 25.0 Å². The summed E-state index contributed by atoms with van der Waals surface area (Å²) in [4.78, 5) is 0.660. The minimum Gasteiger partial charge on any atom is -0.391 e. The van der Waals surface area contributed by atoms with Gasteiger partial charge in [0.15, 0.2) is 0 Å². The quantitative estimate of drug-likeness (QED) is 0.844. The molecule has 2 N–H and O–H groups in total. The van der Waals surface area contributed by atoms with Gasteiger partial charge in [0.2, 0.25) is 10.0 Å². The molecule has 0 saturated carbocycles. The summed E-state index contributed by atoms with van der Waals surface area (Å²) >= 11 is 4.58. The zero-order chi connectivity index (χ0) is 14.8. The first kappa shape index (κ1) is 15.7. The highest BCUT2D eigenvalue weighted by atomic mass is 79.9. The molecular formula is C13H14BrNO3S2. The van der Waals surface area contributed by atoms with E-state index in [1.54, 1.807) is 12.3 Å². The van der Waals surface area contributed by atoms with Crippen LogP contribution in [-0.4, -0.2) is 13.5 Å². The van der Waals surface area contributed by atoms with Gasteiger partial charge in [-0.25, -0.2) is 13.1 Å². The van der Waals surface area contributed by atoms with E-state index in [1.807, 2.05) is 24.3 Å². The lowest BCUT2D eigenvalue weighted by Gasteiger charge is -2.08. The summed E-state index contributed by atoms with van der Waals surface area (Å²) in [5, 5.41) is 11.0. The third-order valence-electron chi connectivity index (χ3n) is 2.78. The Hall–Kier alpha value is -0.730. The van der Waals surface area contributed by atoms with E-state index >= 15 is 0 Å². The summed E-state index contributed by atoms with van der Waals surface area (Å²) in [6.07, 6.45) is 0. The highest BCUT2D eigenvalue weighted by molar-refractivity contribution is 9.10. The van der Waals surface area contributed by atoms with E-state index in [0.717, 1.165) is 10.0 Å². The largest absolute Gasteiger partial charge is 0.391 e. The average Bonchev–Trinajstić information content (AvgIpc) is 2.80. The Balaban J connectivity index is 2.19. The first-order valence-corrected chi connectivity index (χ1v) is 9.01. The lowest BCUT2D eigenvalue weighted by molar-refractivity contribution is 0.282. The van der Waals surface area contributed by atoms with Gasteiger partial charge in [-0.15, -0.1) is 11.3 Å². The number of halogens is 1. The van der Waals surface area contributed by atoms with Gasteiger partial charge >= 0.3 is 0 Å². The molecule has 0 spiro atoms. The Morgan fingerprint density at radius 2 is 1.95 bits per heavy atom. The zero-order valence-corrected chi connectivity index (χ0v) is 14.0. The second-order valence-electron chi connectivity index (χ2n) is 4.28. The van der Waals surface area contributed by atoms with E-state index in [1.165, 1.54) is 11.3 Å². The Bertz CT molecular complexity index is 693. The number of aliphatic hydroxyl groups excluding tert-OH is 1. The number of nitrogens with one attached hydrogen (secondary N) is 1. The van der Waals surface area contributed by atoms with Crippen molar-refractivity contribution < 1.29 is 13.5 Å². The molecule has 0 radical (unpaired) electrons. The summed E-state index contributed by atoms with van der Waals surface area (Å²) in [7, 11) is -3.61. The van der Waals surface area contributed by atoms with Crippen LogP contribution in [-0.2, 0) is 23.2 Å². The molecule has 1 aromatic heterocycles. The molecule has 1 aromatic carbocycles. The van der Waals surface area contributed by atoms with Crippen LogP contribution in [0, 0.1) is 6.92 Å². The molecule has 20 heavy (non-hydrogen) atoms. The number of hydrogen-bond donors (Lipinski definition) is 2. The van der Waals surface area contributed by atoms with Crippen LogP contribution in [0.2, 0.25) is 0 Å². The van der Waals surface area contributed by atoms with Crippen molar-refractivity contribution in [3.63, 3.8) is 0 Å². The lowest BCUT2D eigenvalue weighted by Crippen LogP contribution is -2.24. The monoisotopic (exact) mass is 375 g/mol. The molecule has 0 amide bonds. The predicted octanol–water partition coefficient (Wildman–Crippen LogP) is 2.79. The fraction of sp³-hybridized carbons (Fsp3) is 0.231. The molecule has 2 rings (SSSR count). The van der Waals surface area contributed by atoms with Gasteiger partial charge in [-0.2, -0.15) is 0 Å². The van der Waals surface area contributed by atoms with Crippen LogP contribution < -0.4 is 4.72 Å². The van der Waals surface area contributed by atoms with Crippen molar-refractivity contribution in [2.75, 3.05) is 0 Å². The first-order chi connectivity index (χ1) is 9.44.